The molecule has 0 aliphatic carbocycles. The van der Waals surface area contributed by atoms with Crippen LogP contribution in [-0.4, -0.2) is 21.4 Å². The lowest BCUT2D eigenvalue weighted by atomic mass is 10.2. The zero-order chi connectivity index (χ0) is 14.1. The molecule has 4 rings (SSSR count). The third-order valence-electron chi connectivity index (χ3n) is 3.82. The molecule has 2 aromatic carbocycles. The number of fused-ring (bicyclic) bond motifs is 1. The summed E-state index contributed by atoms with van der Waals surface area (Å²) in [6, 6.07) is 21.5. The largest absolute Gasteiger partial charge is 0.345 e. The molecular weight excluding hydrogens is 276 g/mol. The highest BCUT2D eigenvalue weighted by molar-refractivity contribution is 8.14. The Morgan fingerprint density at radius 2 is 1.81 bits per heavy atom. The van der Waals surface area contributed by atoms with E-state index in [9.17, 15) is 0 Å². The SMILES string of the molecule is c1ccc(C2=NC(Cn3ccc4ccccc43)CS2)cc1. The minimum absolute atomic E-state index is 0.362. The van der Waals surface area contributed by atoms with Crippen molar-refractivity contribution in [3.63, 3.8) is 0 Å². The van der Waals surface area contributed by atoms with Crippen molar-refractivity contribution in [2.75, 3.05) is 5.75 Å². The van der Waals surface area contributed by atoms with E-state index in [0.717, 1.165) is 12.3 Å². The fraction of sp³-hybridized carbons (Fsp3) is 0.167. The lowest BCUT2D eigenvalue weighted by molar-refractivity contribution is 0.620. The first-order valence-electron chi connectivity index (χ1n) is 7.20. The van der Waals surface area contributed by atoms with Crippen molar-refractivity contribution in [2.24, 2.45) is 4.99 Å². The number of nitrogens with zero attached hydrogens (tertiary/aromatic N) is 2. The number of thioether (sulfide) groups is 1. The summed E-state index contributed by atoms with van der Waals surface area (Å²) >= 11 is 1.87. The lowest BCUT2D eigenvalue weighted by Crippen LogP contribution is -2.13. The van der Waals surface area contributed by atoms with Crippen LogP contribution in [0.25, 0.3) is 10.9 Å². The van der Waals surface area contributed by atoms with Gasteiger partial charge in [-0.05, 0) is 17.5 Å². The van der Waals surface area contributed by atoms with Gasteiger partial charge in [0.25, 0.3) is 0 Å². The minimum Gasteiger partial charge on any atom is -0.345 e. The molecule has 1 atom stereocenters. The maximum Gasteiger partial charge on any atom is 0.0982 e. The molecule has 21 heavy (non-hydrogen) atoms. The summed E-state index contributed by atoms with van der Waals surface area (Å²) < 4.78 is 2.32. The van der Waals surface area contributed by atoms with Gasteiger partial charge in [-0.2, -0.15) is 0 Å². The van der Waals surface area contributed by atoms with Crippen molar-refractivity contribution in [3.8, 4) is 0 Å². The number of hydrogen-bond donors (Lipinski definition) is 0. The Morgan fingerprint density at radius 1 is 1.00 bits per heavy atom. The van der Waals surface area contributed by atoms with Crippen LogP contribution in [-0.2, 0) is 6.54 Å². The van der Waals surface area contributed by atoms with E-state index in [-0.39, 0.29) is 0 Å². The molecule has 2 nitrogen and oxygen atoms in total. The molecule has 3 aromatic rings. The van der Waals surface area contributed by atoms with Gasteiger partial charge in [-0.1, -0.05) is 48.5 Å². The average Bonchev–Trinajstić information content (AvgIpc) is 3.17. The summed E-state index contributed by atoms with van der Waals surface area (Å²) in [6.07, 6.45) is 2.17. The maximum atomic E-state index is 4.90. The Morgan fingerprint density at radius 3 is 2.71 bits per heavy atom. The Bertz CT molecular complexity index is 789. The molecule has 1 unspecified atom stereocenters. The van der Waals surface area contributed by atoms with Gasteiger partial charge in [0.1, 0.15) is 0 Å². The van der Waals surface area contributed by atoms with E-state index < -0.39 is 0 Å². The molecule has 1 aliphatic rings. The predicted molar refractivity (Wildman–Crippen MR) is 91.2 cm³/mol. The second-order valence-electron chi connectivity index (χ2n) is 5.29. The van der Waals surface area contributed by atoms with Gasteiger partial charge in [0.2, 0.25) is 0 Å². The molecule has 0 fully saturated rings. The first-order valence-corrected chi connectivity index (χ1v) is 8.18. The van der Waals surface area contributed by atoms with Gasteiger partial charge in [-0.25, -0.2) is 0 Å². The molecule has 0 bridgehead atoms. The van der Waals surface area contributed by atoms with E-state index in [1.165, 1.54) is 21.5 Å². The molecule has 1 aromatic heterocycles. The zero-order valence-corrected chi connectivity index (χ0v) is 12.5. The molecular formula is C18H16N2S. The fourth-order valence-electron chi connectivity index (χ4n) is 2.77. The fourth-order valence-corrected chi connectivity index (χ4v) is 3.83. The minimum atomic E-state index is 0.362. The Hall–Kier alpha value is -2.00. The number of rotatable bonds is 3. The van der Waals surface area contributed by atoms with E-state index in [4.69, 9.17) is 4.99 Å². The van der Waals surface area contributed by atoms with Gasteiger partial charge in [0, 0.05) is 29.6 Å². The molecule has 0 saturated carbocycles. The van der Waals surface area contributed by atoms with E-state index in [2.05, 4.69) is 65.4 Å². The third kappa shape index (κ3) is 2.49. The lowest BCUT2D eigenvalue weighted by Gasteiger charge is -2.08. The van der Waals surface area contributed by atoms with Crippen molar-refractivity contribution in [2.45, 2.75) is 12.6 Å². The summed E-state index contributed by atoms with van der Waals surface area (Å²) in [5, 5.41) is 2.48. The van der Waals surface area contributed by atoms with Crippen molar-refractivity contribution in [1.82, 2.24) is 4.57 Å². The van der Waals surface area contributed by atoms with Gasteiger partial charge in [0.05, 0.1) is 11.1 Å². The third-order valence-corrected chi connectivity index (χ3v) is 4.99. The normalized spacial score (nSPS) is 18.1. The summed E-state index contributed by atoms with van der Waals surface area (Å²) in [5.74, 6) is 1.07. The quantitative estimate of drug-likeness (QED) is 0.707. The predicted octanol–water partition coefficient (Wildman–Crippen LogP) is 4.20. The highest BCUT2D eigenvalue weighted by atomic mass is 32.2. The average molecular weight is 292 g/mol. The van der Waals surface area contributed by atoms with E-state index in [1.807, 2.05) is 17.8 Å². The standard InChI is InChI=1S/C18H16N2S/c1-2-7-15(8-3-1)18-19-16(13-21-18)12-20-11-10-14-6-4-5-9-17(14)20/h1-11,16H,12-13H2. The Balaban J connectivity index is 1.57. The monoisotopic (exact) mass is 292 g/mol. The second kappa shape index (κ2) is 5.41. The van der Waals surface area contributed by atoms with Crippen LogP contribution in [0, 0.1) is 0 Å². The van der Waals surface area contributed by atoms with Gasteiger partial charge >= 0.3 is 0 Å². The molecule has 104 valence electrons. The van der Waals surface area contributed by atoms with E-state index in [0.29, 0.717) is 6.04 Å². The second-order valence-corrected chi connectivity index (χ2v) is 6.30. The van der Waals surface area contributed by atoms with Crippen LogP contribution < -0.4 is 0 Å². The molecule has 0 N–H and O–H groups in total. The molecule has 0 saturated heterocycles. The first-order chi connectivity index (χ1) is 10.4. The molecule has 3 heteroatoms. The maximum absolute atomic E-state index is 4.90. The number of aromatic nitrogens is 1. The molecule has 1 aliphatic heterocycles. The summed E-state index contributed by atoms with van der Waals surface area (Å²) in [5.41, 5.74) is 2.54. The van der Waals surface area contributed by atoms with Crippen LogP contribution in [0.4, 0.5) is 0 Å². The number of aliphatic imine (C=N–C) groups is 1. The van der Waals surface area contributed by atoms with Crippen LogP contribution in [0.15, 0.2) is 71.9 Å². The van der Waals surface area contributed by atoms with Crippen molar-refractivity contribution in [1.29, 1.82) is 0 Å². The summed E-state index contributed by atoms with van der Waals surface area (Å²) in [6.45, 7) is 0.955. The van der Waals surface area contributed by atoms with Crippen LogP contribution in [0.1, 0.15) is 5.56 Å². The van der Waals surface area contributed by atoms with Crippen molar-refractivity contribution < 1.29 is 0 Å². The highest BCUT2D eigenvalue weighted by Crippen LogP contribution is 2.25. The number of benzene rings is 2. The first kappa shape index (κ1) is 12.7. The molecule has 0 spiro atoms. The zero-order valence-electron chi connectivity index (χ0n) is 11.6. The van der Waals surface area contributed by atoms with Gasteiger partial charge in [-0.15, -0.1) is 11.8 Å². The van der Waals surface area contributed by atoms with Crippen LogP contribution in [0.2, 0.25) is 0 Å². The summed E-state index contributed by atoms with van der Waals surface area (Å²) in [7, 11) is 0. The van der Waals surface area contributed by atoms with Crippen LogP contribution >= 0.6 is 11.8 Å². The smallest absolute Gasteiger partial charge is 0.0982 e. The topological polar surface area (TPSA) is 17.3 Å². The van der Waals surface area contributed by atoms with Gasteiger partial charge in [-0.3, -0.25) is 4.99 Å². The molecule has 0 amide bonds. The van der Waals surface area contributed by atoms with Crippen molar-refractivity contribution in [3.05, 3.63) is 72.4 Å². The van der Waals surface area contributed by atoms with E-state index in [1.54, 1.807) is 0 Å². The Kier molecular flexibility index (Phi) is 3.28. The Labute approximate surface area is 128 Å². The van der Waals surface area contributed by atoms with Gasteiger partial charge < -0.3 is 4.57 Å². The van der Waals surface area contributed by atoms with Crippen molar-refractivity contribution >= 4 is 27.7 Å². The number of hydrogen-bond acceptors (Lipinski definition) is 2. The summed E-state index contributed by atoms with van der Waals surface area (Å²) in [4.78, 5) is 4.90. The number of para-hydroxylation sites is 1. The molecule has 0 radical (unpaired) electrons. The highest BCUT2D eigenvalue weighted by Gasteiger charge is 2.20. The van der Waals surface area contributed by atoms with Crippen LogP contribution in [0.5, 0.6) is 0 Å². The van der Waals surface area contributed by atoms with Crippen LogP contribution in [0.3, 0.4) is 0 Å². The molecule has 2 heterocycles. The van der Waals surface area contributed by atoms with Gasteiger partial charge in [0.15, 0.2) is 0 Å². The van der Waals surface area contributed by atoms with E-state index >= 15 is 0 Å².